The third kappa shape index (κ3) is 2.06. The highest BCUT2D eigenvalue weighted by atomic mass is 32.2. The summed E-state index contributed by atoms with van der Waals surface area (Å²) in [5.41, 5.74) is 2.46. The molecule has 0 N–H and O–H groups in total. The number of hydrogen-bond donors (Lipinski definition) is 0. The lowest BCUT2D eigenvalue weighted by Gasteiger charge is -2.02. The van der Waals surface area contributed by atoms with Crippen LogP contribution in [0.25, 0.3) is 9.40 Å². The van der Waals surface area contributed by atoms with Gasteiger partial charge in [0, 0.05) is 10.6 Å². The van der Waals surface area contributed by atoms with Crippen LogP contribution in [0.2, 0.25) is 0 Å². The van der Waals surface area contributed by atoms with Gasteiger partial charge in [0.25, 0.3) is 0 Å². The highest BCUT2D eigenvalue weighted by Gasteiger charge is 2.18. The molecule has 0 saturated heterocycles. The molecule has 0 aliphatic carbocycles. The number of thiophene rings is 2. The van der Waals surface area contributed by atoms with E-state index in [1.807, 2.05) is 0 Å². The van der Waals surface area contributed by atoms with Crippen molar-refractivity contribution in [1.82, 2.24) is 0 Å². The first-order valence-corrected chi connectivity index (χ1v) is 7.76. The van der Waals surface area contributed by atoms with Crippen LogP contribution >= 0.6 is 34.4 Å². The van der Waals surface area contributed by atoms with E-state index in [-0.39, 0.29) is 5.12 Å². The number of hydrogen-bond acceptors (Lipinski definition) is 4. The second kappa shape index (κ2) is 4.51. The Morgan fingerprint density at radius 3 is 2.62 bits per heavy atom. The van der Waals surface area contributed by atoms with E-state index >= 15 is 0 Å². The maximum absolute atomic E-state index is 12.0. The number of carbonyl (C=O) groups excluding carboxylic acids is 1. The van der Waals surface area contributed by atoms with E-state index in [9.17, 15) is 4.79 Å². The number of aryl methyl sites for hydroxylation is 2. The van der Waals surface area contributed by atoms with E-state index in [0.717, 1.165) is 10.4 Å². The van der Waals surface area contributed by atoms with Crippen molar-refractivity contribution in [3.63, 3.8) is 0 Å². The van der Waals surface area contributed by atoms with E-state index in [4.69, 9.17) is 0 Å². The Kier molecular flexibility index (Phi) is 3.42. The summed E-state index contributed by atoms with van der Waals surface area (Å²) in [6.07, 6.45) is 0. The third-order valence-corrected chi connectivity index (χ3v) is 5.91. The lowest BCUT2D eigenvalue weighted by molar-refractivity contribution is 0.109. The van der Waals surface area contributed by atoms with Gasteiger partial charge in [0.05, 0.1) is 8.89 Å². The van der Waals surface area contributed by atoms with Crippen LogP contribution in [0, 0.1) is 13.8 Å². The van der Waals surface area contributed by atoms with E-state index < -0.39 is 0 Å². The molecule has 0 spiro atoms. The van der Waals surface area contributed by atoms with Gasteiger partial charge in [-0.15, -0.1) is 22.7 Å². The maximum Gasteiger partial charge on any atom is 0.229 e. The number of carbonyl (C=O) groups is 1. The van der Waals surface area contributed by atoms with Crippen LogP contribution in [0.3, 0.4) is 0 Å². The Hall–Kier alpha value is -0.320. The molecule has 0 aliphatic heterocycles. The van der Waals surface area contributed by atoms with E-state index in [1.54, 1.807) is 22.7 Å². The molecule has 2 aromatic rings. The predicted octanol–water partition coefficient (Wildman–Crippen LogP) is 4.86. The Morgan fingerprint density at radius 1 is 1.38 bits per heavy atom. The number of rotatable bonds is 2. The van der Waals surface area contributed by atoms with Crippen LogP contribution < -0.4 is 0 Å². The second-order valence-electron chi connectivity index (χ2n) is 4.09. The normalized spacial score (nSPS) is 11.6. The molecule has 0 aromatic carbocycles. The summed E-state index contributed by atoms with van der Waals surface area (Å²) in [5.74, 6) is 0. The van der Waals surface area contributed by atoms with Gasteiger partial charge in [0.1, 0.15) is 0 Å². The first kappa shape index (κ1) is 12.1. The summed E-state index contributed by atoms with van der Waals surface area (Å²) in [7, 11) is 0. The van der Waals surface area contributed by atoms with Crippen molar-refractivity contribution < 1.29 is 4.79 Å². The standard InChI is InChI=1S/C12H14OS3/c1-6(2)15-11(13)10-8(4)9-7(3)5-14-12(9)16-10/h5-6H,1-4H3. The second-order valence-corrected chi connectivity index (χ2v) is 7.80. The average Bonchev–Trinajstić information content (AvgIpc) is 2.68. The quantitative estimate of drug-likeness (QED) is 0.775. The minimum atomic E-state index is 0.223. The number of fused-ring (bicyclic) bond motifs is 1. The van der Waals surface area contributed by atoms with Gasteiger partial charge in [-0.3, -0.25) is 4.79 Å². The molecule has 0 atom stereocenters. The van der Waals surface area contributed by atoms with E-state index in [1.165, 1.54) is 26.7 Å². The van der Waals surface area contributed by atoms with Crippen molar-refractivity contribution in [2.45, 2.75) is 32.9 Å². The predicted molar refractivity (Wildman–Crippen MR) is 76.2 cm³/mol. The summed E-state index contributed by atoms with van der Waals surface area (Å²) in [6, 6.07) is 0. The highest BCUT2D eigenvalue weighted by Crippen LogP contribution is 2.39. The average molecular weight is 270 g/mol. The summed E-state index contributed by atoms with van der Waals surface area (Å²) < 4.78 is 1.28. The summed E-state index contributed by atoms with van der Waals surface area (Å²) >= 11 is 4.81. The largest absolute Gasteiger partial charge is 0.281 e. The molecule has 0 bridgehead atoms. The maximum atomic E-state index is 12.0. The zero-order valence-electron chi connectivity index (χ0n) is 9.79. The number of thioether (sulfide) groups is 1. The van der Waals surface area contributed by atoms with Crippen molar-refractivity contribution in [3.05, 3.63) is 21.4 Å². The van der Waals surface area contributed by atoms with Gasteiger partial charge in [0.2, 0.25) is 5.12 Å². The van der Waals surface area contributed by atoms with Crippen LogP contribution in [0.15, 0.2) is 5.38 Å². The van der Waals surface area contributed by atoms with E-state index in [2.05, 4.69) is 33.1 Å². The zero-order valence-corrected chi connectivity index (χ0v) is 12.2. The fourth-order valence-corrected chi connectivity index (χ4v) is 5.01. The molecule has 2 heterocycles. The van der Waals surface area contributed by atoms with Gasteiger partial charge in [-0.1, -0.05) is 25.6 Å². The Balaban J connectivity index is 2.45. The molecule has 2 rings (SSSR count). The molecule has 16 heavy (non-hydrogen) atoms. The molecular formula is C12H14OS3. The molecule has 2 aromatic heterocycles. The molecule has 0 aliphatic rings. The molecule has 1 nitrogen and oxygen atoms in total. The van der Waals surface area contributed by atoms with Crippen LogP contribution in [0.5, 0.6) is 0 Å². The van der Waals surface area contributed by atoms with Gasteiger partial charge in [-0.05, 0) is 30.4 Å². The summed E-state index contributed by atoms with van der Waals surface area (Å²) in [5, 5.41) is 4.04. The minimum absolute atomic E-state index is 0.223. The smallest absolute Gasteiger partial charge is 0.229 e. The monoisotopic (exact) mass is 270 g/mol. The molecule has 4 heteroatoms. The van der Waals surface area contributed by atoms with Gasteiger partial charge in [0.15, 0.2) is 0 Å². The highest BCUT2D eigenvalue weighted by molar-refractivity contribution is 8.14. The third-order valence-electron chi connectivity index (χ3n) is 2.38. The Morgan fingerprint density at radius 2 is 2.06 bits per heavy atom. The summed E-state index contributed by atoms with van der Waals surface area (Å²) in [4.78, 5) is 13.0. The lowest BCUT2D eigenvalue weighted by Crippen LogP contribution is -1.98. The van der Waals surface area contributed by atoms with Crippen molar-refractivity contribution in [2.75, 3.05) is 0 Å². The van der Waals surface area contributed by atoms with Crippen molar-refractivity contribution in [3.8, 4) is 0 Å². The van der Waals surface area contributed by atoms with Crippen LogP contribution in [0.4, 0.5) is 0 Å². The van der Waals surface area contributed by atoms with Gasteiger partial charge < -0.3 is 0 Å². The van der Waals surface area contributed by atoms with Gasteiger partial charge in [-0.25, -0.2) is 0 Å². The Labute approximate surface area is 108 Å². The fraction of sp³-hybridized carbons (Fsp3) is 0.417. The van der Waals surface area contributed by atoms with Crippen molar-refractivity contribution >= 4 is 49.0 Å². The lowest BCUT2D eigenvalue weighted by atomic mass is 10.1. The molecule has 0 fully saturated rings. The minimum Gasteiger partial charge on any atom is -0.281 e. The zero-order chi connectivity index (χ0) is 11.9. The molecular weight excluding hydrogens is 256 g/mol. The van der Waals surface area contributed by atoms with Gasteiger partial charge in [-0.2, -0.15) is 0 Å². The molecule has 86 valence electrons. The molecule has 0 amide bonds. The van der Waals surface area contributed by atoms with Crippen LogP contribution in [-0.2, 0) is 0 Å². The topological polar surface area (TPSA) is 17.1 Å². The van der Waals surface area contributed by atoms with E-state index in [0.29, 0.717) is 5.25 Å². The molecule has 0 unspecified atom stereocenters. The Bertz CT molecular complexity index is 534. The first-order valence-electron chi connectivity index (χ1n) is 5.19. The van der Waals surface area contributed by atoms with Gasteiger partial charge >= 0.3 is 0 Å². The summed E-state index contributed by atoms with van der Waals surface area (Å²) in [6.45, 7) is 8.28. The van der Waals surface area contributed by atoms with Crippen LogP contribution in [-0.4, -0.2) is 10.4 Å². The molecule has 0 radical (unpaired) electrons. The van der Waals surface area contributed by atoms with Crippen molar-refractivity contribution in [1.29, 1.82) is 0 Å². The fourth-order valence-electron chi connectivity index (χ4n) is 1.69. The first-order chi connectivity index (χ1) is 7.50. The molecule has 0 saturated carbocycles. The SMILES string of the molecule is Cc1csc2sc(C(=O)SC(C)C)c(C)c12. The van der Waals surface area contributed by atoms with Crippen molar-refractivity contribution in [2.24, 2.45) is 0 Å². The van der Waals surface area contributed by atoms with Crippen LogP contribution in [0.1, 0.15) is 34.6 Å².